The van der Waals surface area contributed by atoms with E-state index in [0.29, 0.717) is 16.8 Å². The Hall–Kier alpha value is -3.86. The van der Waals surface area contributed by atoms with Crippen molar-refractivity contribution in [3.63, 3.8) is 0 Å². The first-order valence-corrected chi connectivity index (χ1v) is 10.2. The van der Waals surface area contributed by atoms with Gasteiger partial charge in [0.1, 0.15) is 12.4 Å². The van der Waals surface area contributed by atoms with Gasteiger partial charge in [0.25, 0.3) is 11.8 Å². The van der Waals surface area contributed by atoms with E-state index in [1.807, 2.05) is 79.7 Å². The number of carbonyl (C=O) groups excluding carboxylic acids is 2. The number of ether oxygens (including phenoxy) is 1. The molecule has 5 heteroatoms. The number of anilines is 1. The summed E-state index contributed by atoms with van der Waals surface area (Å²) in [4.78, 5) is 27.2. The fourth-order valence-electron chi connectivity index (χ4n) is 3.53. The van der Waals surface area contributed by atoms with Crippen molar-refractivity contribution < 1.29 is 14.3 Å². The zero-order chi connectivity index (χ0) is 21.8. The second kappa shape index (κ2) is 8.88. The van der Waals surface area contributed by atoms with Crippen LogP contribution in [-0.2, 0) is 4.79 Å². The van der Waals surface area contributed by atoms with Crippen LogP contribution in [0.3, 0.4) is 0 Å². The monoisotopic (exact) mass is 412 g/mol. The third-order valence-electron chi connectivity index (χ3n) is 5.47. The highest BCUT2D eigenvalue weighted by Gasteiger charge is 2.24. The Balaban J connectivity index is 1.48. The number of rotatable bonds is 5. The van der Waals surface area contributed by atoms with E-state index in [-0.39, 0.29) is 24.5 Å². The normalized spacial score (nSPS) is 13.3. The van der Waals surface area contributed by atoms with E-state index >= 15 is 0 Å². The van der Waals surface area contributed by atoms with Crippen molar-refractivity contribution in [1.29, 1.82) is 0 Å². The highest BCUT2D eigenvalue weighted by atomic mass is 16.5. The van der Waals surface area contributed by atoms with Crippen molar-refractivity contribution in [2.45, 2.75) is 13.0 Å². The first-order valence-electron chi connectivity index (χ1n) is 10.2. The molecule has 3 aromatic carbocycles. The molecule has 1 aliphatic rings. The van der Waals surface area contributed by atoms with Gasteiger partial charge in [-0.05, 0) is 48.9 Å². The zero-order valence-electron chi connectivity index (χ0n) is 17.5. The maximum atomic E-state index is 13.1. The highest BCUT2D eigenvalue weighted by molar-refractivity contribution is 6.04. The number of carbonyl (C=O) groups is 2. The van der Waals surface area contributed by atoms with E-state index in [0.717, 1.165) is 16.9 Å². The molecule has 0 radical (unpaired) electrons. The molecule has 2 amide bonds. The molecule has 4 rings (SSSR count). The average Bonchev–Trinajstić information content (AvgIpc) is 2.83. The SMILES string of the molecule is CC(c1cccc(NC(=O)c2ccccc2)c1)N(C)C(=O)C1=Cc2ccccc2OC1. The van der Waals surface area contributed by atoms with Gasteiger partial charge in [0.15, 0.2) is 0 Å². The quantitative estimate of drug-likeness (QED) is 0.646. The summed E-state index contributed by atoms with van der Waals surface area (Å²) in [5.41, 5.74) is 3.73. The Morgan fingerprint density at radius 2 is 1.71 bits per heavy atom. The summed E-state index contributed by atoms with van der Waals surface area (Å²) in [5, 5.41) is 2.92. The van der Waals surface area contributed by atoms with Crippen molar-refractivity contribution >= 4 is 23.6 Å². The number of hydrogen-bond donors (Lipinski definition) is 1. The minimum absolute atomic E-state index is 0.0827. The predicted molar refractivity (Wildman–Crippen MR) is 122 cm³/mol. The molecule has 1 aliphatic heterocycles. The van der Waals surface area contributed by atoms with Gasteiger partial charge in [0.2, 0.25) is 0 Å². The molecule has 31 heavy (non-hydrogen) atoms. The number of amides is 2. The molecular weight excluding hydrogens is 388 g/mol. The lowest BCUT2D eigenvalue weighted by Crippen LogP contribution is -2.33. The Labute approximate surface area is 182 Å². The largest absolute Gasteiger partial charge is 0.488 e. The van der Waals surface area contributed by atoms with E-state index in [4.69, 9.17) is 4.74 Å². The van der Waals surface area contributed by atoms with Gasteiger partial charge >= 0.3 is 0 Å². The molecule has 0 saturated heterocycles. The van der Waals surface area contributed by atoms with Gasteiger partial charge in [-0.25, -0.2) is 0 Å². The molecule has 1 N–H and O–H groups in total. The Morgan fingerprint density at radius 1 is 0.968 bits per heavy atom. The van der Waals surface area contributed by atoms with Crippen LogP contribution in [0.5, 0.6) is 5.75 Å². The Bertz CT molecular complexity index is 1140. The number of nitrogens with zero attached hydrogens (tertiary/aromatic N) is 1. The van der Waals surface area contributed by atoms with Crippen LogP contribution >= 0.6 is 0 Å². The van der Waals surface area contributed by atoms with Gasteiger partial charge in [-0.2, -0.15) is 0 Å². The number of fused-ring (bicyclic) bond motifs is 1. The third-order valence-corrected chi connectivity index (χ3v) is 5.47. The van der Waals surface area contributed by atoms with Crippen LogP contribution in [0.4, 0.5) is 5.69 Å². The van der Waals surface area contributed by atoms with E-state index in [1.54, 1.807) is 24.1 Å². The molecule has 3 aromatic rings. The molecule has 0 saturated carbocycles. The lowest BCUT2D eigenvalue weighted by molar-refractivity contribution is -0.128. The van der Waals surface area contributed by atoms with E-state index in [9.17, 15) is 9.59 Å². The van der Waals surface area contributed by atoms with Crippen LogP contribution in [0.1, 0.15) is 34.5 Å². The summed E-state index contributed by atoms with van der Waals surface area (Å²) < 4.78 is 5.73. The molecule has 1 heterocycles. The summed E-state index contributed by atoms with van der Waals surface area (Å²) in [7, 11) is 1.78. The molecule has 1 unspecified atom stereocenters. The first kappa shape index (κ1) is 20.4. The molecule has 0 aromatic heterocycles. The molecule has 5 nitrogen and oxygen atoms in total. The predicted octanol–water partition coefficient (Wildman–Crippen LogP) is 4.93. The summed E-state index contributed by atoms with van der Waals surface area (Å²) >= 11 is 0. The number of hydrogen-bond acceptors (Lipinski definition) is 3. The number of nitrogens with one attached hydrogen (secondary N) is 1. The Morgan fingerprint density at radius 3 is 2.52 bits per heavy atom. The minimum atomic E-state index is -0.181. The van der Waals surface area contributed by atoms with E-state index < -0.39 is 0 Å². The fraction of sp³-hybridized carbons (Fsp3) is 0.154. The van der Waals surface area contributed by atoms with Crippen LogP contribution in [0.25, 0.3) is 6.08 Å². The number of para-hydroxylation sites is 1. The number of benzene rings is 3. The summed E-state index contributed by atoms with van der Waals surface area (Å²) in [6, 6.07) is 24.1. The molecule has 156 valence electrons. The van der Waals surface area contributed by atoms with Crippen molar-refractivity contribution in [2.24, 2.45) is 0 Å². The van der Waals surface area contributed by atoms with Crippen molar-refractivity contribution in [2.75, 3.05) is 19.0 Å². The molecule has 1 atom stereocenters. The van der Waals surface area contributed by atoms with Crippen LogP contribution in [-0.4, -0.2) is 30.4 Å². The molecule has 0 aliphatic carbocycles. The van der Waals surface area contributed by atoms with Gasteiger partial charge in [-0.1, -0.05) is 48.5 Å². The van der Waals surface area contributed by atoms with Crippen molar-refractivity contribution in [3.8, 4) is 5.75 Å². The summed E-state index contributed by atoms with van der Waals surface area (Å²) in [6.45, 7) is 2.22. The van der Waals surface area contributed by atoms with Crippen LogP contribution in [0.2, 0.25) is 0 Å². The van der Waals surface area contributed by atoms with Crippen molar-refractivity contribution in [1.82, 2.24) is 4.90 Å². The molecular formula is C26H24N2O3. The lowest BCUT2D eigenvalue weighted by atomic mass is 10.0. The fourth-order valence-corrected chi connectivity index (χ4v) is 3.53. The molecule has 0 spiro atoms. The smallest absolute Gasteiger partial charge is 0.255 e. The third kappa shape index (κ3) is 4.51. The molecule has 0 bridgehead atoms. The standard InChI is InChI=1S/C26H24N2O3/c1-18(28(2)26(30)22-15-21-11-6-7-14-24(21)31-17-22)20-12-8-13-23(16-20)27-25(29)19-9-4-3-5-10-19/h3-16,18H,17H2,1-2H3,(H,27,29). The maximum Gasteiger partial charge on any atom is 0.255 e. The van der Waals surface area contributed by atoms with Crippen LogP contribution in [0, 0.1) is 0 Å². The second-order valence-electron chi connectivity index (χ2n) is 7.53. The number of likely N-dealkylation sites (N-methyl/N-ethyl adjacent to an activating group) is 1. The lowest BCUT2D eigenvalue weighted by Gasteiger charge is -2.28. The second-order valence-corrected chi connectivity index (χ2v) is 7.53. The maximum absolute atomic E-state index is 13.1. The van der Waals surface area contributed by atoms with E-state index in [1.165, 1.54) is 0 Å². The van der Waals surface area contributed by atoms with E-state index in [2.05, 4.69) is 5.32 Å². The summed E-state index contributed by atoms with van der Waals surface area (Å²) in [5.74, 6) is 0.537. The van der Waals surface area contributed by atoms with Gasteiger partial charge in [0, 0.05) is 23.9 Å². The topological polar surface area (TPSA) is 58.6 Å². The van der Waals surface area contributed by atoms with Gasteiger partial charge in [0.05, 0.1) is 11.6 Å². The van der Waals surface area contributed by atoms with Crippen LogP contribution < -0.4 is 10.1 Å². The zero-order valence-corrected chi connectivity index (χ0v) is 17.5. The summed E-state index contributed by atoms with van der Waals surface area (Å²) in [6.07, 6.45) is 1.89. The highest BCUT2D eigenvalue weighted by Crippen LogP contribution is 2.28. The first-order chi connectivity index (χ1) is 15.0. The molecule has 0 fully saturated rings. The minimum Gasteiger partial charge on any atom is -0.488 e. The van der Waals surface area contributed by atoms with Gasteiger partial charge < -0.3 is 15.0 Å². The van der Waals surface area contributed by atoms with Crippen LogP contribution in [0.15, 0.2) is 84.4 Å². The average molecular weight is 412 g/mol. The Kier molecular flexibility index (Phi) is 5.85. The van der Waals surface area contributed by atoms with Crippen molar-refractivity contribution in [3.05, 3.63) is 101 Å². The van der Waals surface area contributed by atoms with Gasteiger partial charge in [-0.3, -0.25) is 9.59 Å². The van der Waals surface area contributed by atoms with Gasteiger partial charge in [-0.15, -0.1) is 0 Å².